The molecule has 0 unspecified atom stereocenters. The summed E-state index contributed by atoms with van der Waals surface area (Å²) >= 11 is 0. The fraction of sp³-hybridized carbons (Fsp3) is 0.348. The van der Waals surface area contributed by atoms with Crippen molar-refractivity contribution in [2.75, 3.05) is 7.11 Å². The second kappa shape index (κ2) is 7.35. The van der Waals surface area contributed by atoms with E-state index in [0.717, 1.165) is 12.8 Å². The molecule has 2 aromatic rings. The Kier molecular flexibility index (Phi) is 4.86. The highest BCUT2D eigenvalue weighted by atomic mass is 16.5. The zero-order valence-corrected chi connectivity index (χ0v) is 16.8. The molecule has 6 heteroatoms. The molecule has 0 radical (unpaired) electrons. The van der Waals surface area contributed by atoms with Crippen LogP contribution in [0.3, 0.4) is 0 Å². The van der Waals surface area contributed by atoms with E-state index in [1.807, 2.05) is 18.7 Å². The van der Waals surface area contributed by atoms with Crippen LogP contribution in [-0.2, 0) is 6.54 Å². The minimum absolute atomic E-state index is 0.0800. The van der Waals surface area contributed by atoms with Gasteiger partial charge >= 0.3 is 0 Å². The van der Waals surface area contributed by atoms with Gasteiger partial charge in [0.15, 0.2) is 0 Å². The quantitative estimate of drug-likeness (QED) is 0.706. The highest BCUT2D eigenvalue weighted by Gasteiger charge is 2.37. The van der Waals surface area contributed by atoms with Crippen molar-refractivity contribution >= 4 is 17.7 Å². The van der Waals surface area contributed by atoms with Crippen LogP contribution in [0.1, 0.15) is 63.3 Å². The van der Waals surface area contributed by atoms with E-state index in [2.05, 4.69) is 0 Å². The summed E-state index contributed by atoms with van der Waals surface area (Å²) in [6, 6.07) is 12.4. The molecule has 1 heterocycles. The van der Waals surface area contributed by atoms with E-state index in [4.69, 9.17) is 4.74 Å². The maximum Gasteiger partial charge on any atom is 0.261 e. The number of hydrogen-bond donors (Lipinski definition) is 0. The summed E-state index contributed by atoms with van der Waals surface area (Å²) < 4.78 is 5.42. The van der Waals surface area contributed by atoms with E-state index >= 15 is 0 Å². The van der Waals surface area contributed by atoms with Crippen molar-refractivity contribution in [2.24, 2.45) is 0 Å². The number of rotatable bonds is 6. The van der Waals surface area contributed by atoms with Gasteiger partial charge in [0, 0.05) is 12.1 Å². The van der Waals surface area contributed by atoms with Crippen molar-refractivity contribution in [3.63, 3.8) is 0 Å². The van der Waals surface area contributed by atoms with Crippen molar-refractivity contribution in [3.05, 3.63) is 64.7 Å². The van der Waals surface area contributed by atoms with E-state index in [-0.39, 0.29) is 36.3 Å². The molecule has 150 valence electrons. The Morgan fingerprint density at radius 2 is 1.72 bits per heavy atom. The van der Waals surface area contributed by atoms with E-state index < -0.39 is 0 Å². The van der Waals surface area contributed by atoms with E-state index in [1.54, 1.807) is 42.5 Å². The number of hydrogen-bond acceptors (Lipinski definition) is 4. The van der Waals surface area contributed by atoms with Crippen LogP contribution < -0.4 is 4.74 Å². The zero-order chi connectivity index (χ0) is 20.7. The van der Waals surface area contributed by atoms with Gasteiger partial charge in [0.25, 0.3) is 17.7 Å². The fourth-order valence-electron chi connectivity index (χ4n) is 3.90. The average Bonchev–Trinajstić information content (AvgIpc) is 3.52. The summed E-state index contributed by atoms with van der Waals surface area (Å²) in [6.45, 7) is 4.12. The summed E-state index contributed by atoms with van der Waals surface area (Å²) in [4.78, 5) is 41.7. The SMILES string of the molecule is COc1ccc(CN2C(=O)c3ccccc3C2=O)cc1C(=O)N(C(C)C)C1CC1. The molecule has 1 aliphatic heterocycles. The van der Waals surface area contributed by atoms with Crippen LogP contribution in [0.15, 0.2) is 42.5 Å². The Morgan fingerprint density at radius 1 is 1.10 bits per heavy atom. The largest absolute Gasteiger partial charge is 0.496 e. The molecule has 0 aromatic heterocycles. The molecule has 1 saturated carbocycles. The van der Waals surface area contributed by atoms with Gasteiger partial charge in [-0.1, -0.05) is 18.2 Å². The Labute approximate surface area is 170 Å². The lowest BCUT2D eigenvalue weighted by Gasteiger charge is -2.27. The Bertz CT molecular complexity index is 957. The summed E-state index contributed by atoms with van der Waals surface area (Å²) in [5.74, 6) is -0.205. The van der Waals surface area contributed by atoms with Gasteiger partial charge in [-0.2, -0.15) is 0 Å². The number of carbonyl (C=O) groups excluding carboxylic acids is 3. The molecule has 1 fully saturated rings. The first-order valence-corrected chi connectivity index (χ1v) is 9.87. The van der Waals surface area contributed by atoms with Gasteiger partial charge in [-0.3, -0.25) is 19.3 Å². The first-order valence-electron chi connectivity index (χ1n) is 9.87. The van der Waals surface area contributed by atoms with Gasteiger partial charge in [0.05, 0.1) is 30.3 Å². The molecule has 1 aliphatic carbocycles. The smallest absolute Gasteiger partial charge is 0.261 e. The lowest BCUT2D eigenvalue weighted by atomic mass is 10.1. The molecule has 0 N–H and O–H groups in total. The predicted octanol–water partition coefficient (Wildman–Crippen LogP) is 3.50. The van der Waals surface area contributed by atoms with Gasteiger partial charge in [-0.15, -0.1) is 0 Å². The minimum Gasteiger partial charge on any atom is -0.496 e. The molecule has 2 aliphatic rings. The number of imide groups is 1. The molecule has 0 spiro atoms. The van der Waals surface area contributed by atoms with Crippen LogP contribution in [0.5, 0.6) is 5.75 Å². The van der Waals surface area contributed by atoms with Crippen LogP contribution in [0.25, 0.3) is 0 Å². The van der Waals surface area contributed by atoms with Crippen LogP contribution >= 0.6 is 0 Å². The van der Waals surface area contributed by atoms with E-state index in [1.165, 1.54) is 12.0 Å². The second-order valence-electron chi connectivity index (χ2n) is 7.81. The minimum atomic E-state index is -0.309. The van der Waals surface area contributed by atoms with Crippen molar-refractivity contribution in [3.8, 4) is 5.75 Å². The number of benzene rings is 2. The molecule has 0 bridgehead atoms. The lowest BCUT2D eigenvalue weighted by Crippen LogP contribution is -2.39. The number of carbonyl (C=O) groups is 3. The summed E-state index contributed by atoms with van der Waals surface area (Å²) in [5.41, 5.74) is 2.01. The highest BCUT2D eigenvalue weighted by Crippen LogP contribution is 2.33. The summed E-state index contributed by atoms with van der Waals surface area (Å²) in [5, 5.41) is 0. The maximum absolute atomic E-state index is 13.2. The number of nitrogens with zero attached hydrogens (tertiary/aromatic N) is 2. The number of amides is 3. The first kappa shape index (κ1) is 19.2. The molecule has 0 atom stereocenters. The standard InChI is InChI=1S/C23H24N2O4/c1-14(2)25(16-9-10-16)23(28)19-12-15(8-11-20(19)29-3)13-24-21(26)17-6-4-5-7-18(17)22(24)27/h4-8,11-12,14,16H,9-10,13H2,1-3H3. The molecule has 4 rings (SSSR count). The van der Waals surface area contributed by atoms with E-state index in [0.29, 0.717) is 28.0 Å². The van der Waals surface area contributed by atoms with Crippen molar-refractivity contribution in [2.45, 2.75) is 45.3 Å². The van der Waals surface area contributed by atoms with Crippen molar-refractivity contribution in [1.29, 1.82) is 0 Å². The van der Waals surface area contributed by atoms with E-state index in [9.17, 15) is 14.4 Å². The highest BCUT2D eigenvalue weighted by molar-refractivity contribution is 6.21. The van der Waals surface area contributed by atoms with Gasteiger partial charge in [-0.25, -0.2) is 0 Å². The van der Waals surface area contributed by atoms with Crippen LogP contribution in [0.2, 0.25) is 0 Å². The third-order valence-electron chi connectivity index (χ3n) is 5.44. The molecule has 29 heavy (non-hydrogen) atoms. The fourth-order valence-corrected chi connectivity index (χ4v) is 3.90. The second-order valence-corrected chi connectivity index (χ2v) is 7.81. The van der Waals surface area contributed by atoms with Crippen LogP contribution in [0.4, 0.5) is 0 Å². The Hall–Kier alpha value is -3.15. The monoisotopic (exact) mass is 392 g/mol. The van der Waals surface area contributed by atoms with Gasteiger partial charge in [0.1, 0.15) is 5.75 Å². The van der Waals surface area contributed by atoms with Crippen LogP contribution in [0, 0.1) is 0 Å². The van der Waals surface area contributed by atoms with Gasteiger partial charge in [0.2, 0.25) is 0 Å². The molecule has 3 amide bonds. The number of methoxy groups -OCH3 is 1. The average molecular weight is 392 g/mol. The normalized spacial score (nSPS) is 15.7. The third kappa shape index (κ3) is 3.39. The summed E-state index contributed by atoms with van der Waals surface area (Å²) in [7, 11) is 1.53. The third-order valence-corrected chi connectivity index (χ3v) is 5.44. The van der Waals surface area contributed by atoms with Crippen molar-refractivity contribution < 1.29 is 19.1 Å². The molecular weight excluding hydrogens is 368 g/mol. The summed E-state index contributed by atoms with van der Waals surface area (Å²) in [6.07, 6.45) is 2.03. The Balaban J connectivity index is 1.63. The topological polar surface area (TPSA) is 66.9 Å². The first-order chi connectivity index (χ1) is 13.9. The molecule has 6 nitrogen and oxygen atoms in total. The lowest BCUT2D eigenvalue weighted by molar-refractivity contribution is 0.0641. The predicted molar refractivity (Wildman–Crippen MR) is 108 cm³/mol. The number of fused-ring (bicyclic) bond motifs is 1. The Morgan fingerprint density at radius 3 is 2.24 bits per heavy atom. The molecular formula is C23H24N2O4. The molecule has 2 aromatic carbocycles. The van der Waals surface area contributed by atoms with Gasteiger partial charge < -0.3 is 9.64 Å². The zero-order valence-electron chi connectivity index (χ0n) is 16.8. The van der Waals surface area contributed by atoms with Crippen LogP contribution in [-0.4, -0.2) is 46.7 Å². The van der Waals surface area contributed by atoms with Crippen molar-refractivity contribution in [1.82, 2.24) is 9.80 Å². The number of ether oxygens (including phenoxy) is 1. The maximum atomic E-state index is 13.2. The van der Waals surface area contributed by atoms with Gasteiger partial charge in [-0.05, 0) is 56.5 Å². The molecule has 0 saturated heterocycles.